The van der Waals surface area contributed by atoms with E-state index in [-0.39, 0.29) is 5.41 Å². The fourth-order valence-corrected chi connectivity index (χ4v) is 3.62. The van der Waals surface area contributed by atoms with E-state index < -0.39 is 0 Å². The van der Waals surface area contributed by atoms with Crippen LogP contribution >= 0.6 is 11.3 Å². The molecule has 0 aliphatic carbocycles. The minimum absolute atomic E-state index is 0.223. The quantitative estimate of drug-likeness (QED) is 0.935. The maximum absolute atomic E-state index is 5.89. The maximum Gasteiger partial charge on any atom is 0.140 e. The Balaban J connectivity index is 1.99. The molecule has 1 unspecified atom stereocenters. The molecule has 4 nitrogen and oxygen atoms in total. The first-order valence-electron chi connectivity index (χ1n) is 6.83. The zero-order valence-corrected chi connectivity index (χ0v) is 12.3. The maximum atomic E-state index is 5.89. The van der Waals surface area contributed by atoms with Crippen molar-refractivity contribution in [2.24, 2.45) is 11.1 Å². The summed E-state index contributed by atoms with van der Waals surface area (Å²) < 4.78 is 0. The summed E-state index contributed by atoms with van der Waals surface area (Å²) in [5.41, 5.74) is 6.11. The molecule has 1 fully saturated rings. The lowest BCUT2D eigenvalue weighted by Crippen LogP contribution is -2.31. The van der Waals surface area contributed by atoms with Crippen LogP contribution in [0.2, 0.25) is 0 Å². The summed E-state index contributed by atoms with van der Waals surface area (Å²) in [5.74, 6) is 1.08. The lowest BCUT2D eigenvalue weighted by Gasteiger charge is -2.23. The number of rotatable bonds is 3. The van der Waals surface area contributed by atoms with E-state index in [1.54, 1.807) is 17.7 Å². The lowest BCUT2D eigenvalue weighted by atomic mass is 9.90. The van der Waals surface area contributed by atoms with Crippen molar-refractivity contribution in [3.63, 3.8) is 0 Å². The van der Waals surface area contributed by atoms with Gasteiger partial charge in [-0.05, 0) is 30.9 Å². The summed E-state index contributed by atoms with van der Waals surface area (Å²) in [4.78, 5) is 13.7. The number of anilines is 1. The van der Waals surface area contributed by atoms with Gasteiger partial charge in [0.2, 0.25) is 0 Å². The molecule has 0 amide bonds. The molecule has 5 heteroatoms. The van der Waals surface area contributed by atoms with Crippen LogP contribution in [-0.2, 0) is 6.42 Å². The molecule has 1 atom stereocenters. The number of nitrogens with zero attached hydrogens (tertiary/aromatic N) is 3. The zero-order chi connectivity index (χ0) is 13.5. The third kappa shape index (κ3) is 2.21. The molecule has 0 bridgehead atoms. The standard InChI is InChI=1S/C14H20N4S/c1-3-10-6-11-12(16-9-17-13(11)19-10)18-5-4-14(2,7-15)8-18/h6,9H,3-5,7-8,15H2,1-2H3. The second kappa shape index (κ2) is 4.72. The van der Waals surface area contributed by atoms with Crippen molar-refractivity contribution in [2.45, 2.75) is 26.7 Å². The van der Waals surface area contributed by atoms with Gasteiger partial charge in [0.15, 0.2) is 0 Å². The largest absolute Gasteiger partial charge is 0.355 e. The van der Waals surface area contributed by atoms with Crippen molar-refractivity contribution in [3.8, 4) is 0 Å². The monoisotopic (exact) mass is 276 g/mol. The van der Waals surface area contributed by atoms with Crippen LogP contribution in [0.15, 0.2) is 12.4 Å². The second-order valence-electron chi connectivity index (χ2n) is 5.67. The fourth-order valence-electron chi connectivity index (χ4n) is 2.69. The smallest absolute Gasteiger partial charge is 0.140 e. The van der Waals surface area contributed by atoms with E-state index in [9.17, 15) is 0 Å². The topological polar surface area (TPSA) is 55.0 Å². The van der Waals surface area contributed by atoms with Crippen molar-refractivity contribution >= 4 is 27.4 Å². The minimum Gasteiger partial charge on any atom is -0.355 e. The Hall–Kier alpha value is -1.20. The number of aromatic nitrogens is 2. The minimum atomic E-state index is 0.223. The summed E-state index contributed by atoms with van der Waals surface area (Å²) in [6.45, 7) is 7.21. The number of aryl methyl sites for hydroxylation is 1. The van der Waals surface area contributed by atoms with Gasteiger partial charge in [-0.2, -0.15) is 0 Å². The summed E-state index contributed by atoms with van der Waals surface area (Å²) in [6, 6.07) is 2.24. The van der Waals surface area contributed by atoms with E-state index in [0.29, 0.717) is 0 Å². The molecule has 1 aliphatic rings. The highest BCUT2D eigenvalue weighted by Crippen LogP contribution is 2.36. The average Bonchev–Trinajstić information content (AvgIpc) is 3.02. The Bertz CT molecular complexity index is 594. The number of thiophene rings is 1. The highest BCUT2D eigenvalue weighted by molar-refractivity contribution is 7.18. The summed E-state index contributed by atoms with van der Waals surface area (Å²) >= 11 is 1.77. The number of fused-ring (bicyclic) bond motifs is 1. The molecular formula is C14H20N4S. The molecule has 2 aromatic heterocycles. The van der Waals surface area contributed by atoms with Gasteiger partial charge in [-0.1, -0.05) is 13.8 Å². The number of hydrogen-bond donors (Lipinski definition) is 1. The van der Waals surface area contributed by atoms with Gasteiger partial charge in [-0.3, -0.25) is 0 Å². The van der Waals surface area contributed by atoms with Gasteiger partial charge in [0, 0.05) is 18.0 Å². The van der Waals surface area contributed by atoms with Crippen LogP contribution in [0.3, 0.4) is 0 Å². The molecule has 3 heterocycles. The van der Waals surface area contributed by atoms with E-state index in [1.807, 2.05) is 0 Å². The molecule has 1 saturated heterocycles. The first-order valence-corrected chi connectivity index (χ1v) is 7.65. The zero-order valence-electron chi connectivity index (χ0n) is 11.5. The summed E-state index contributed by atoms with van der Waals surface area (Å²) in [6.07, 6.45) is 3.88. The Morgan fingerprint density at radius 3 is 3.00 bits per heavy atom. The summed E-state index contributed by atoms with van der Waals surface area (Å²) in [5, 5.41) is 1.20. The van der Waals surface area contributed by atoms with E-state index >= 15 is 0 Å². The Labute approximate surface area is 117 Å². The highest BCUT2D eigenvalue weighted by Gasteiger charge is 2.33. The van der Waals surface area contributed by atoms with Crippen LogP contribution in [0.1, 0.15) is 25.1 Å². The number of nitrogens with two attached hydrogens (primary N) is 1. The molecule has 102 valence electrons. The second-order valence-corrected chi connectivity index (χ2v) is 6.78. The van der Waals surface area contributed by atoms with Crippen LogP contribution in [0.4, 0.5) is 5.82 Å². The first kappa shape index (κ1) is 12.8. The van der Waals surface area contributed by atoms with Gasteiger partial charge < -0.3 is 10.6 Å². The van der Waals surface area contributed by atoms with Crippen molar-refractivity contribution in [3.05, 3.63) is 17.3 Å². The normalized spacial score (nSPS) is 23.4. The van der Waals surface area contributed by atoms with Crippen molar-refractivity contribution < 1.29 is 0 Å². The Morgan fingerprint density at radius 1 is 1.47 bits per heavy atom. The van der Waals surface area contributed by atoms with Crippen molar-refractivity contribution in [1.82, 2.24) is 9.97 Å². The molecule has 0 spiro atoms. The van der Waals surface area contributed by atoms with Crippen LogP contribution in [0, 0.1) is 5.41 Å². The number of hydrogen-bond acceptors (Lipinski definition) is 5. The molecule has 1 aliphatic heterocycles. The lowest BCUT2D eigenvalue weighted by molar-refractivity contribution is 0.383. The van der Waals surface area contributed by atoms with Gasteiger partial charge in [0.25, 0.3) is 0 Å². The predicted molar refractivity (Wildman–Crippen MR) is 80.8 cm³/mol. The van der Waals surface area contributed by atoms with E-state index in [0.717, 1.165) is 43.1 Å². The molecule has 0 radical (unpaired) electrons. The Kier molecular flexibility index (Phi) is 3.19. The van der Waals surface area contributed by atoms with Crippen LogP contribution in [-0.4, -0.2) is 29.6 Å². The van der Waals surface area contributed by atoms with E-state index in [4.69, 9.17) is 5.73 Å². The van der Waals surface area contributed by atoms with Gasteiger partial charge in [-0.15, -0.1) is 11.3 Å². The first-order chi connectivity index (χ1) is 9.15. The van der Waals surface area contributed by atoms with Gasteiger partial charge in [-0.25, -0.2) is 9.97 Å². The van der Waals surface area contributed by atoms with Crippen molar-refractivity contribution in [2.75, 3.05) is 24.5 Å². The highest BCUT2D eigenvalue weighted by atomic mass is 32.1. The van der Waals surface area contributed by atoms with Crippen LogP contribution < -0.4 is 10.6 Å². The molecule has 2 N–H and O–H groups in total. The van der Waals surface area contributed by atoms with E-state index in [2.05, 4.69) is 34.8 Å². The third-order valence-electron chi connectivity index (χ3n) is 4.06. The Morgan fingerprint density at radius 2 is 2.32 bits per heavy atom. The van der Waals surface area contributed by atoms with Crippen LogP contribution in [0.25, 0.3) is 10.2 Å². The predicted octanol–water partition coefficient (Wildman–Crippen LogP) is 2.43. The van der Waals surface area contributed by atoms with E-state index in [1.165, 1.54) is 10.3 Å². The van der Waals surface area contributed by atoms with Crippen molar-refractivity contribution in [1.29, 1.82) is 0 Å². The molecule has 3 rings (SSSR count). The summed E-state index contributed by atoms with van der Waals surface area (Å²) in [7, 11) is 0. The van der Waals surface area contributed by atoms with Gasteiger partial charge in [0.1, 0.15) is 17.0 Å². The fraction of sp³-hybridized carbons (Fsp3) is 0.571. The molecule has 19 heavy (non-hydrogen) atoms. The van der Waals surface area contributed by atoms with Gasteiger partial charge in [0.05, 0.1) is 5.39 Å². The average molecular weight is 276 g/mol. The molecular weight excluding hydrogens is 256 g/mol. The van der Waals surface area contributed by atoms with Crippen LogP contribution in [0.5, 0.6) is 0 Å². The van der Waals surface area contributed by atoms with Gasteiger partial charge >= 0.3 is 0 Å². The molecule has 0 saturated carbocycles. The third-order valence-corrected chi connectivity index (χ3v) is 5.25. The molecule has 0 aromatic carbocycles. The SMILES string of the molecule is CCc1cc2c(N3CCC(C)(CN)C3)ncnc2s1. The molecule has 2 aromatic rings.